The molecule has 2 rings (SSSR count). The second kappa shape index (κ2) is 6.48. The first-order chi connectivity index (χ1) is 9.26. The first kappa shape index (κ1) is 13.7. The summed E-state index contributed by atoms with van der Waals surface area (Å²) in [5.41, 5.74) is 1.68. The van der Waals surface area contributed by atoms with E-state index in [0.717, 1.165) is 23.3 Å². The fourth-order valence-electron chi connectivity index (χ4n) is 1.79. The second-order valence-corrected chi connectivity index (χ2v) is 5.13. The van der Waals surface area contributed by atoms with Crippen LogP contribution in [-0.4, -0.2) is 17.4 Å². The number of nitrogens with zero attached hydrogens (tertiary/aromatic N) is 1. The van der Waals surface area contributed by atoms with E-state index in [9.17, 15) is 4.79 Å². The van der Waals surface area contributed by atoms with Gasteiger partial charge in [0.05, 0.1) is 17.7 Å². The molecule has 100 valence electrons. The van der Waals surface area contributed by atoms with E-state index in [0.29, 0.717) is 17.9 Å². The smallest absolute Gasteiger partial charge is 0.204 e. The van der Waals surface area contributed by atoms with Gasteiger partial charge in [0, 0.05) is 11.8 Å². The second-order valence-electron chi connectivity index (χ2n) is 4.22. The van der Waals surface area contributed by atoms with Crippen molar-refractivity contribution in [1.82, 2.24) is 4.98 Å². The highest BCUT2D eigenvalue weighted by Gasteiger charge is 2.15. The van der Waals surface area contributed by atoms with Gasteiger partial charge < -0.3 is 4.74 Å². The Bertz CT molecular complexity index is 563. The fourth-order valence-corrected chi connectivity index (χ4v) is 2.74. The average Bonchev–Trinajstić information content (AvgIpc) is 2.93. The molecule has 0 saturated carbocycles. The zero-order chi connectivity index (χ0) is 13.7. The summed E-state index contributed by atoms with van der Waals surface area (Å²) in [4.78, 5) is 17.3. The molecule has 0 amide bonds. The van der Waals surface area contributed by atoms with E-state index in [-0.39, 0.29) is 5.78 Å². The van der Waals surface area contributed by atoms with E-state index in [2.05, 4.69) is 11.9 Å². The van der Waals surface area contributed by atoms with Crippen molar-refractivity contribution in [2.45, 2.75) is 26.7 Å². The van der Waals surface area contributed by atoms with Gasteiger partial charge in [-0.3, -0.25) is 9.78 Å². The van der Waals surface area contributed by atoms with Crippen LogP contribution in [0.15, 0.2) is 29.9 Å². The third kappa shape index (κ3) is 3.20. The molecule has 0 unspecified atom stereocenters. The summed E-state index contributed by atoms with van der Waals surface area (Å²) in [6.07, 6.45) is 5.04. The van der Waals surface area contributed by atoms with Crippen LogP contribution in [0.2, 0.25) is 0 Å². The molecule has 0 aliphatic carbocycles. The third-order valence-corrected chi connectivity index (χ3v) is 3.74. The minimum absolute atomic E-state index is 0.0290. The quantitative estimate of drug-likeness (QED) is 0.754. The molecule has 0 N–H and O–H groups in total. The SMILES string of the molecule is CCCOc1cncc(C(=O)c2sccc2CC)c1. The number of carbonyl (C=O) groups excluding carboxylic acids is 1. The average molecular weight is 275 g/mol. The Balaban J connectivity index is 2.24. The van der Waals surface area contributed by atoms with E-state index in [1.54, 1.807) is 18.5 Å². The molecule has 0 fully saturated rings. The van der Waals surface area contributed by atoms with Crippen LogP contribution in [0.3, 0.4) is 0 Å². The van der Waals surface area contributed by atoms with Gasteiger partial charge in [-0.15, -0.1) is 11.3 Å². The number of hydrogen-bond acceptors (Lipinski definition) is 4. The fraction of sp³-hybridized carbons (Fsp3) is 0.333. The molecular weight excluding hydrogens is 258 g/mol. The molecule has 3 nitrogen and oxygen atoms in total. The molecule has 0 radical (unpaired) electrons. The summed E-state index contributed by atoms with van der Waals surface area (Å²) in [5.74, 6) is 0.684. The maximum absolute atomic E-state index is 12.4. The standard InChI is InChI=1S/C15H17NO2S/c1-3-6-18-13-8-12(9-16-10-13)14(17)15-11(4-2)5-7-19-15/h5,7-10H,3-4,6H2,1-2H3. The highest BCUT2D eigenvalue weighted by molar-refractivity contribution is 7.12. The van der Waals surface area contributed by atoms with E-state index >= 15 is 0 Å². The van der Waals surface area contributed by atoms with E-state index < -0.39 is 0 Å². The van der Waals surface area contributed by atoms with E-state index in [4.69, 9.17) is 4.74 Å². The van der Waals surface area contributed by atoms with Crippen molar-refractivity contribution in [2.75, 3.05) is 6.61 Å². The molecule has 0 bridgehead atoms. The summed E-state index contributed by atoms with van der Waals surface area (Å²) in [6, 6.07) is 3.77. The van der Waals surface area contributed by atoms with Crippen LogP contribution in [0.25, 0.3) is 0 Å². The molecule has 0 saturated heterocycles. The Morgan fingerprint density at radius 1 is 1.37 bits per heavy atom. The summed E-state index contributed by atoms with van der Waals surface area (Å²) in [6.45, 7) is 4.73. The maximum atomic E-state index is 12.4. The molecule has 0 aliphatic heterocycles. The summed E-state index contributed by atoms with van der Waals surface area (Å²) >= 11 is 1.48. The van der Waals surface area contributed by atoms with Gasteiger partial charge in [-0.05, 0) is 35.9 Å². The number of aromatic nitrogens is 1. The summed E-state index contributed by atoms with van der Waals surface area (Å²) < 4.78 is 5.51. The van der Waals surface area contributed by atoms with Crippen LogP contribution in [0.5, 0.6) is 5.75 Å². The number of ether oxygens (including phenoxy) is 1. The topological polar surface area (TPSA) is 39.2 Å². The Morgan fingerprint density at radius 3 is 2.95 bits per heavy atom. The Kier molecular flexibility index (Phi) is 4.68. The minimum atomic E-state index is 0.0290. The predicted molar refractivity (Wildman–Crippen MR) is 77.2 cm³/mol. The van der Waals surface area contributed by atoms with Crippen LogP contribution in [0.1, 0.15) is 41.1 Å². The molecule has 0 aromatic carbocycles. The molecule has 0 atom stereocenters. The minimum Gasteiger partial charge on any atom is -0.492 e. The number of aryl methyl sites for hydroxylation is 1. The maximum Gasteiger partial charge on any atom is 0.204 e. The number of pyridine rings is 1. The molecule has 2 aromatic heterocycles. The number of ketones is 1. The molecule has 0 spiro atoms. The number of rotatable bonds is 6. The van der Waals surface area contributed by atoms with Gasteiger partial charge >= 0.3 is 0 Å². The van der Waals surface area contributed by atoms with Gasteiger partial charge in [0.1, 0.15) is 5.75 Å². The van der Waals surface area contributed by atoms with Crippen molar-refractivity contribution in [3.05, 3.63) is 45.9 Å². The lowest BCUT2D eigenvalue weighted by atomic mass is 10.1. The first-order valence-electron chi connectivity index (χ1n) is 6.45. The predicted octanol–water partition coefficient (Wildman–Crippen LogP) is 3.73. The molecule has 2 heterocycles. The number of thiophene rings is 1. The van der Waals surface area contributed by atoms with Crippen LogP contribution in [-0.2, 0) is 6.42 Å². The van der Waals surface area contributed by atoms with Crippen molar-refractivity contribution < 1.29 is 9.53 Å². The van der Waals surface area contributed by atoms with Crippen molar-refractivity contribution in [1.29, 1.82) is 0 Å². The molecular formula is C15H17NO2S. The highest BCUT2D eigenvalue weighted by atomic mass is 32.1. The van der Waals surface area contributed by atoms with Crippen LogP contribution >= 0.6 is 11.3 Å². The number of hydrogen-bond donors (Lipinski definition) is 0. The lowest BCUT2D eigenvalue weighted by Gasteiger charge is -2.06. The number of carbonyl (C=O) groups is 1. The van der Waals surface area contributed by atoms with Crippen molar-refractivity contribution in [3.8, 4) is 5.75 Å². The highest BCUT2D eigenvalue weighted by Crippen LogP contribution is 2.22. The van der Waals surface area contributed by atoms with Crippen LogP contribution in [0, 0.1) is 0 Å². The first-order valence-corrected chi connectivity index (χ1v) is 7.33. The molecule has 0 aliphatic rings. The van der Waals surface area contributed by atoms with Gasteiger partial charge in [-0.25, -0.2) is 0 Å². The third-order valence-electron chi connectivity index (χ3n) is 2.78. The van der Waals surface area contributed by atoms with Crippen molar-refractivity contribution in [2.24, 2.45) is 0 Å². The van der Waals surface area contributed by atoms with Crippen molar-refractivity contribution >= 4 is 17.1 Å². The summed E-state index contributed by atoms with van der Waals surface area (Å²) in [7, 11) is 0. The largest absolute Gasteiger partial charge is 0.492 e. The molecule has 19 heavy (non-hydrogen) atoms. The van der Waals surface area contributed by atoms with Crippen molar-refractivity contribution in [3.63, 3.8) is 0 Å². The zero-order valence-corrected chi connectivity index (χ0v) is 12.0. The van der Waals surface area contributed by atoms with Crippen LogP contribution in [0.4, 0.5) is 0 Å². The van der Waals surface area contributed by atoms with Gasteiger partial charge in [-0.1, -0.05) is 13.8 Å². The van der Waals surface area contributed by atoms with Gasteiger partial charge in [0.25, 0.3) is 0 Å². The summed E-state index contributed by atoms with van der Waals surface area (Å²) in [5, 5.41) is 1.96. The molecule has 2 aromatic rings. The Labute approximate surface area is 117 Å². The Morgan fingerprint density at radius 2 is 2.21 bits per heavy atom. The lowest BCUT2D eigenvalue weighted by Crippen LogP contribution is -2.04. The van der Waals surface area contributed by atoms with E-state index in [1.165, 1.54) is 11.3 Å². The normalized spacial score (nSPS) is 10.4. The lowest BCUT2D eigenvalue weighted by molar-refractivity contribution is 0.104. The Hall–Kier alpha value is -1.68. The van der Waals surface area contributed by atoms with Gasteiger partial charge in [0.15, 0.2) is 0 Å². The van der Waals surface area contributed by atoms with Crippen LogP contribution < -0.4 is 4.74 Å². The molecule has 4 heteroatoms. The van der Waals surface area contributed by atoms with Gasteiger partial charge in [0.2, 0.25) is 5.78 Å². The monoisotopic (exact) mass is 275 g/mol. The van der Waals surface area contributed by atoms with E-state index in [1.807, 2.05) is 18.4 Å². The zero-order valence-electron chi connectivity index (χ0n) is 11.2. The van der Waals surface area contributed by atoms with Gasteiger partial charge in [-0.2, -0.15) is 0 Å².